The topological polar surface area (TPSA) is 66.9 Å². The average Bonchev–Trinajstić information content (AvgIpc) is 2.48. The van der Waals surface area contributed by atoms with Crippen molar-refractivity contribution < 1.29 is 9.18 Å². The fraction of sp³-hybridized carbons (Fsp3) is 0.0667. The van der Waals surface area contributed by atoms with Crippen molar-refractivity contribution in [2.24, 2.45) is 5.73 Å². The Morgan fingerprint density at radius 2 is 1.95 bits per heavy atom. The zero-order chi connectivity index (χ0) is 15.4. The predicted molar refractivity (Wildman–Crippen MR) is 80.4 cm³/mol. The molecule has 0 radical (unpaired) electrons. The van der Waals surface area contributed by atoms with Gasteiger partial charge in [-0.05, 0) is 35.9 Å². The van der Waals surface area contributed by atoms with E-state index in [1.807, 2.05) is 6.07 Å². The molecule has 106 valence electrons. The van der Waals surface area contributed by atoms with Gasteiger partial charge in [0.15, 0.2) is 0 Å². The molecule has 0 aliphatic carbocycles. The maximum Gasteiger partial charge on any atom is 0.235 e. The third-order valence-corrected chi connectivity index (χ3v) is 4.30. The Bertz CT molecular complexity index is 713. The molecule has 0 saturated carbocycles. The molecular formula is C15H10ClFN2OS. The summed E-state index contributed by atoms with van der Waals surface area (Å²) in [6.07, 6.45) is 0. The standard InChI is InChI=1S/C15H10ClFN2OS/c16-12-7-11(5-6-13(12)17)21-14(15(19)20)10-3-1-9(8-18)2-4-10/h1-7,14H,(H2,19,20)/t14-/m0/s1. The van der Waals surface area contributed by atoms with Crippen LogP contribution < -0.4 is 5.73 Å². The normalized spacial score (nSPS) is 11.7. The Morgan fingerprint density at radius 1 is 1.29 bits per heavy atom. The lowest BCUT2D eigenvalue weighted by Gasteiger charge is -2.14. The third kappa shape index (κ3) is 3.75. The Balaban J connectivity index is 2.28. The molecule has 0 unspecified atom stereocenters. The highest BCUT2D eigenvalue weighted by atomic mass is 35.5. The lowest BCUT2D eigenvalue weighted by molar-refractivity contribution is -0.117. The van der Waals surface area contributed by atoms with Crippen LogP contribution in [0.1, 0.15) is 16.4 Å². The van der Waals surface area contributed by atoms with Gasteiger partial charge in [-0.1, -0.05) is 23.7 Å². The molecule has 2 aromatic rings. The Hall–Kier alpha value is -2.03. The maximum absolute atomic E-state index is 13.1. The number of hydrogen-bond donors (Lipinski definition) is 1. The van der Waals surface area contributed by atoms with Crippen molar-refractivity contribution in [3.05, 3.63) is 64.4 Å². The highest BCUT2D eigenvalue weighted by Crippen LogP contribution is 2.36. The van der Waals surface area contributed by atoms with E-state index in [1.165, 1.54) is 30.0 Å². The molecule has 0 aliphatic heterocycles. The third-order valence-electron chi connectivity index (χ3n) is 2.75. The molecule has 0 heterocycles. The zero-order valence-electron chi connectivity index (χ0n) is 10.7. The molecule has 2 N–H and O–H groups in total. The smallest absolute Gasteiger partial charge is 0.235 e. The molecule has 0 aromatic heterocycles. The second-order valence-corrected chi connectivity index (χ2v) is 5.80. The number of carbonyl (C=O) groups excluding carboxylic acids is 1. The Labute approximate surface area is 130 Å². The fourth-order valence-electron chi connectivity index (χ4n) is 1.71. The number of benzene rings is 2. The summed E-state index contributed by atoms with van der Waals surface area (Å²) in [5.41, 5.74) is 6.59. The summed E-state index contributed by atoms with van der Waals surface area (Å²) in [5.74, 6) is -1.04. The predicted octanol–water partition coefficient (Wildman–Crippen LogP) is 3.67. The van der Waals surface area contributed by atoms with Crippen molar-refractivity contribution in [2.75, 3.05) is 0 Å². The van der Waals surface area contributed by atoms with Crippen LogP contribution in [0.25, 0.3) is 0 Å². The van der Waals surface area contributed by atoms with Crippen LogP contribution in [0.4, 0.5) is 4.39 Å². The van der Waals surface area contributed by atoms with Crippen molar-refractivity contribution >= 4 is 29.3 Å². The molecule has 3 nitrogen and oxygen atoms in total. The minimum atomic E-state index is -0.640. The van der Waals surface area contributed by atoms with Gasteiger partial charge in [-0.2, -0.15) is 5.26 Å². The number of nitrogens with zero attached hydrogens (tertiary/aromatic N) is 1. The summed E-state index contributed by atoms with van der Waals surface area (Å²) >= 11 is 6.90. The molecule has 0 fully saturated rings. The monoisotopic (exact) mass is 320 g/mol. The van der Waals surface area contributed by atoms with Crippen LogP contribution in [-0.4, -0.2) is 5.91 Å². The van der Waals surface area contributed by atoms with Crippen molar-refractivity contribution in [3.8, 4) is 6.07 Å². The molecular weight excluding hydrogens is 311 g/mol. The average molecular weight is 321 g/mol. The van der Waals surface area contributed by atoms with Crippen LogP contribution >= 0.6 is 23.4 Å². The van der Waals surface area contributed by atoms with E-state index >= 15 is 0 Å². The molecule has 1 amide bonds. The molecule has 21 heavy (non-hydrogen) atoms. The van der Waals surface area contributed by atoms with E-state index in [4.69, 9.17) is 22.6 Å². The fourth-order valence-corrected chi connectivity index (χ4v) is 2.97. The number of rotatable bonds is 4. The van der Waals surface area contributed by atoms with Crippen LogP contribution in [0.2, 0.25) is 5.02 Å². The van der Waals surface area contributed by atoms with Gasteiger partial charge in [-0.25, -0.2) is 4.39 Å². The number of halogens is 2. The van der Waals surface area contributed by atoms with Gasteiger partial charge in [0.2, 0.25) is 5.91 Å². The molecule has 2 aromatic carbocycles. The molecule has 0 saturated heterocycles. The van der Waals surface area contributed by atoms with Gasteiger partial charge in [0, 0.05) is 4.90 Å². The van der Waals surface area contributed by atoms with E-state index in [0.29, 0.717) is 16.0 Å². The minimum Gasteiger partial charge on any atom is -0.368 e. The first kappa shape index (κ1) is 15.4. The highest BCUT2D eigenvalue weighted by Gasteiger charge is 2.19. The number of carbonyl (C=O) groups is 1. The molecule has 2 rings (SSSR count). The van der Waals surface area contributed by atoms with Crippen LogP contribution in [0.5, 0.6) is 0 Å². The van der Waals surface area contributed by atoms with E-state index in [9.17, 15) is 9.18 Å². The quantitative estimate of drug-likeness (QED) is 0.874. The summed E-state index contributed by atoms with van der Waals surface area (Å²) in [4.78, 5) is 12.3. The summed E-state index contributed by atoms with van der Waals surface area (Å²) in [6, 6.07) is 12.8. The van der Waals surface area contributed by atoms with Crippen molar-refractivity contribution in [2.45, 2.75) is 10.1 Å². The summed E-state index contributed by atoms with van der Waals surface area (Å²) in [6.45, 7) is 0. The van der Waals surface area contributed by atoms with Crippen LogP contribution in [-0.2, 0) is 4.79 Å². The van der Waals surface area contributed by atoms with Crippen molar-refractivity contribution in [1.82, 2.24) is 0 Å². The van der Waals surface area contributed by atoms with Crippen molar-refractivity contribution in [1.29, 1.82) is 5.26 Å². The Kier molecular flexibility index (Phi) is 4.84. The second kappa shape index (κ2) is 6.61. The van der Waals surface area contributed by atoms with E-state index in [-0.39, 0.29) is 5.02 Å². The van der Waals surface area contributed by atoms with Crippen LogP contribution in [0.15, 0.2) is 47.4 Å². The van der Waals surface area contributed by atoms with Gasteiger partial charge in [-0.3, -0.25) is 4.79 Å². The zero-order valence-corrected chi connectivity index (χ0v) is 12.3. The summed E-state index contributed by atoms with van der Waals surface area (Å²) in [7, 11) is 0. The van der Waals surface area contributed by atoms with E-state index in [1.54, 1.807) is 24.3 Å². The number of thioether (sulfide) groups is 1. The first-order chi connectivity index (χ1) is 10.0. The minimum absolute atomic E-state index is 0.0111. The number of nitriles is 1. The SMILES string of the molecule is N#Cc1ccc([C@H](Sc2ccc(F)c(Cl)c2)C(N)=O)cc1. The lowest BCUT2D eigenvalue weighted by Crippen LogP contribution is -2.18. The molecule has 6 heteroatoms. The number of amides is 1. The van der Waals surface area contributed by atoms with Gasteiger partial charge >= 0.3 is 0 Å². The van der Waals surface area contributed by atoms with E-state index in [2.05, 4.69) is 0 Å². The molecule has 0 spiro atoms. The van der Waals surface area contributed by atoms with Gasteiger partial charge in [0.05, 0.1) is 16.7 Å². The van der Waals surface area contributed by atoms with E-state index in [0.717, 1.165) is 0 Å². The first-order valence-corrected chi connectivity index (χ1v) is 7.18. The Morgan fingerprint density at radius 3 is 2.48 bits per heavy atom. The molecule has 0 bridgehead atoms. The highest BCUT2D eigenvalue weighted by molar-refractivity contribution is 8.00. The maximum atomic E-state index is 13.1. The number of primary amides is 1. The molecule has 1 atom stereocenters. The van der Waals surface area contributed by atoms with Gasteiger partial charge in [0.1, 0.15) is 11.1 Å². The van der Waals surface area contributed by atoms with Crippen LogP contribution in [0, 0.1) is 17.1 Å². The number of hydrogen-bond acceptors (Lipinski definition) is 3. The summed E-state index contributed by atoms with van der Waals surface area (Å²) < 4.78 is 13.1. The van der Waals surface area contributed by atoms with Gasteiger partial charge in [-0.15, -0.1) is 11.8 Å². The van der Waals surface area contributed by atoms with E-state index < -0.39 is 17.0 Å². The first-order valence-electron chi connectivity index (χ1n) is 5.92. The second-order valence-electron chi connectivity index (χ2n) is 4.21. The van der Waals surface area contributed by atoms with Crippen molar-refractivity contribution in [3.63, 3.8) is 0 Å². The van der Waals surface area contributed by atoms with Gasteiger partial charge in [0.25, 0.3) is 0 Å². The summed E-state index contributed by atoms with van der Waals surface area (Å²) in [5, 5.41) is 8.12. The largest absolute Gasteiger partial charge is 0.368 e. The van der Waals surface area contributed by atoms with Gasteiger partial charge < -0.3 is 5.73 Å². The lowest BCUT2D eigenvalue weighted by atomic mass is 10.1. The number of nitrogens with two attached hydrogens (primary N) is 1. The molecule has 0 aliphatic rings. The van der Waals surface area contributed by atoms with Crippen LogP contribution in [0.3, 0.4) is 0 Å².